The van der Waals surface area contributed by atoms with Crippen LogP contribution in [-0.4, -0.2) is 51.3 Å². The van der Waals surface area contributed by atoms with Gasteiger partial charge >= 0.3 is 6.09 Å². The Morgan fingerprint density at radius 3 is 2.61 bits per heavy atom. The Labute approximate surface area is 187 Å². The average molecular weight is 441 g/mol. The summed E-state index contributed by atoms with van der Waals surface area (Å²) in [4.78, 5) is 32.1. The third-order valence-electron chi connectivity index (χ3n) is 5.24. The lowest BCUT2D eigenvalue weighted by Gasteiger charge is -2.32. The largest absolute Gasteiger partial charge is 0.444 e. The van der Waals surface area contributed by atoms with Crippen molar-refractivity contribution in [3.63, 3.8) is 0 Å². The maximum absolute atomic E-state index is 11.9. The first-order valence-electron chi connectivity index (χ1n) is 10.5. The number of nitrogens with zero attached hydrogens (tertiary/aromatic N) is 4. The average Bonchev–Trinajstić information content (AvgIpc) is 3.20. The number of thiol groups is 1. The number of hydrogen-bond acceptors (Lipinski definition) is 7. The molecule has 2 N–H and O–H groups in total. The van der Waals surface area contributed by atoms with E-state index in [1.165, 1.54) is 0 Å². The number of H-pyrrole nitrogens is 1. The van der Waals surface area contributed by atoms with E-state index in [4.69, 9.17) is 14.7 Å². The Morgan fingerprint density at radius 2 is 1.94 bits per heavy atom. The van der Waals surface area contributed by atoms with Crippen LogP contribution in [0.15, 0.2) is 35.5 Å². The molecule has 1 amide bonds. The van der Waals surface area contributed by atoms with Crippen molar-refractivity contribution in [3.8, 4) is 11.3 Å². The Morgan fingerprint density at radius 1 is 1.23 bits per heavy atom. The van der Waals surface area contributed by atoms with Crippen molar-refractivity contribution >= 4 is 35.8 Å². The number of nitrogens with one attached hydrogen (secondary N) is 2. The van der Waals surface area contributed by atoms with Gasteiger partial charge in [-0.15, -0.1) is 12.6 Å². The summed E-state index contributed by atoms with van der Waals surface area (Å²) in [6.07, 6.45) is 3.18. The second kappa shape index (κ2) is 8.74. The Hall–Kier alpha value is -2.81. The van der Waals surface area contributed by atoms with Crippen LogP contribution in [0.4, 0.5) is 10.7 Å². The fourth-order valence-electron chi connectivity index (χ4n) is 3.66. The topological polar surface area (TPSA) is 96.0 Å². The third kappa shape index (κ3) is 5.28. The second-order valence-electron chi connectivity index (χ2n) is 8.83. The van der Waals surface area contributed by atoms with Crippen molar-refractivity contribution in [1.82, 2.24) is 25.3 Å². The van der Waals surface area contributed by atoms with E-state index in [1.807, 2.05) is 45.0 Å². The lowest BCUT2D eigenvalue weighted by molar-refractivity contribution is 0.0516. The number of carbonyl (C=O) groups excluding carboxylic acids is 1. The molecule has 1 aliphatic rings. The Kier molecular flexibility index (Phi) is 6.04. The minimum Gasteiger partial charge on any atom is -0.444 e. The minimum atomic E-state index is -0.485. The fourth-order valence-corrected chi connectivity index (χ4v) is 3.81. The van der Waals surface area contributed by atoms with Gasteiger partial charge in [0.05, 0.1) is 6.33 Å². The summed E-state index contributed by atoms with van der Waals surface area (Å²) < 4.78 is 5.32. The molecular weight excluding hydrogens is 412 g/mol. The molecule has 4 rings (SSSR count). The highest BCUT2D eigenvalue weighted by Crippen LogP contribution is 2.28. The van der Waals surface area contributed by atoms with E-state index in [2.05, 4.69) is 32.8 Å². The minimum absolute atomic E-state index is 0.361. The molecule has 1 fully saturated rings. The van der Waals surface area contributed by atoms with Gasteiger partial charge in [-0.05, 0) is 51.7 Å². The number of amides is 1. The summed E-state index contributed by atoms with van der Waals surface area (Å²) in [5, 5.41) is 2.89. The zero-order chi connectivity index (χ0) is 22.0. The van der Waals surface area contributed by atoms with Crippen molar-refractivity contribution in [1.29, 1.82) is 0 Å². The molecule has 0 saturated carbocycles. The number of hydrogen-bond donors (Lipinski definition) is 3. The maximum Gasteiger partial charge on any atom is 0.407 e. The zero-order valence-electron chi connectivity index (χ0n) is 18.1. The molecule has 9 heteroatoms. The standard InChI is InChI=1S/C22H28N6O2S/c1-22(2,3)30-21(29)23-12-14-8-10-28(11-9-14)20-26-17(15-4-6-16(31)7-5-15)18-19(27-20)25-13-24-18/h4-7,13-14,31H,8-12H2,1-3H3,(H,23,29)(H,24,25,26,27). The summed E-state index contributed by atoms with van der Waals surface area (Å²) in [6, 6.07) is 7.89. The van der Waals surface area contributed by atoms with Gasteiger partial charge in [0.2, 0.25) is 5.95 Å². The van der Waals surface area contributed by atoms with Gasteiger partial charge < -0.3 is 19.9 Å². The molecule has 0 unspecified atom stereocenters. The van der Waals surface area contributed by atoms with Gasteiger partial charge in [-0.1, -0.05) is 12.1 Å². The third-order valence-corrected chi connectivity index (χ3v) is 5.54. The molecule has 164 valence electrons. The van der Waals surface area contributed by atoms with Crippen LogP contribution in [0, 0.1) is 5.92 Å². The smallest absolute Gasteiger partial charge is 0.407 e. The summed E-state index contributed by atoms with van der Waals surface area (Å²) in [7, 11) is 0. The quantitative estimate of drug-likeness (QED) is 0.530. The molecule has 3 heterocycles. The molecule has 8 nitrogen and oxygen atoms in total. The number of carbonyl (C=O) groups is 1. The molecule has 0 atom stereocenters. The summed E-state index contributed by atoms with van der Waals surface area (Å²) in [5.41, 5.74) is 2.79. The van der Waals surface area contributed by atoms with Crippen molar-refractivity contribution in [2.75, 3.05) is 24.5 Å². The predicted molar refractivity (Wildman–Crippen MR) is 124 cm³/mol. The number of alkyl carbamates (subject to hydrolysis) is 1. The SMILES string of the molecule is CC(C)(C)OC(=O)NCC1CCN(c2nc(-c3ccc(S)cc3)c3nc[nH]c3n2)CC1. The summed E-state index contributed by atoms with van der Waals surface area (Å²) >= 11 is 4.37. The first-order chi connectivity index (χ1) is 14.8. The number of anilines is 1. The van der Waals surface area contributed by atoms with Crippen molar-refractivity contribution in [2.45, 2.75) is 44.1 Å². The van der Waals surface area contributed by atoms with Crippen molar-refractivity contribution in [2.24, 2.45) is 5.92 Å². The molecule has 0 radical (unpaired) electrons. The molecule has 1 aromatic carbocycles. The molecule has 0 aliphatic carbocycles. The predicted octanol–water partition coefficient (Wildman–Crippen LogP) is 4.05. The van der Waals surface area contributed by atoms with E-state index in [1.54, 1.807) is 6.33 Å². The Balaban J connectivity index is 1.43. The molecule has 0 bridgehead atoms. The molecule has 3 aromatic rings. The number of aromatic nitrogens is 4. The van der Waals surface area contributed by atoms with Crippen molar-refractivity contribution in [3.05, 3.63) is 30.6 Å². The van der Waals surface area contributed by atoms with Crippen molar-refractivity contribution < 1.29 is 9.53 Å². The van der Waals surface area contributed by atoms with Gasteiger partial charge in [-0.2, -0.15) is 4.98 Å². The van der Waals surface area contributed by atoms with Gasteiger partial charge in [-0.25, -0.2) is 14.8 Å². The molecular formula is C22H28N6O2S. The number of piperidine rings is 1. The normalized spacial score (nSPS) is 15.3. The lowest BCUT2D eigenvalue weighted by Crippen LogP contribution is -2.40. The van der Waals surface area contributed by atoms with Gasteiger partial charge in [0.25, 0.3) is 0 Å². The van der Waals surface area contributed by atoms with Gasteiger partial charge in [0, 0.05) is 30.1 Å². The maximum atomic E-state index is 11.9. The van der Waals surface area contributed by atoms with Gasteiger partial charge in [0.1, 0.15) is 16.8 Å². The van der Waals surface area contributed by atoms with Crippen LogP contribution in [0.3, 0.4) is 0 Å². The zero-order valence-corrected chi connectivity index (χ0v) is 18.9. The van der Waals surface area contributed by atoms with E-state index in [0.29, 0.717) is 18.4 Å². The van der Waals surface area contributed by atoms with E-state index in [0.717, 1.165) is 53.2 Å². The summed E-state index contributed by atoms with van der Waals surface area (Å²) in [6.45, 7) is 7.86. The van der Waals surface area contributed by atoms with Crippen LogP contribution < -0.4 is 10.2 Å². The molecule has 31 heavy (non-hydrogen) atoms. The lowest BCUT2D eigenvalue weighted by atomic mass is 9.97. The van der Waals surface area contributed by atoms with E-state index >= 15 is 0 Å². The first kappa shape index (κ1) is 21.4. The van der Waals surface area contributed by atoms with Crippen LogP contribution in [0.1, 0.15) is 33.6 Å². The number of rotatable bonds is 4. The molecule has 2 aromatic heterocycles. The van der Waals surface area contributed by atoms with E-state index in [9.17, 15) is 4.79 Å². The van der Waals surface area contributed by atoms with Crippen LogP contribution in [0.2, 0.25) is 0 Å². The number of aromatic amines is 1. The highest BCUT2D eigenvalue weighted by Gasteiger charge is 2.24. The highest BCUT2D eigenvalue weighted by molar-refractivity contribution is 7.80. The Bertz CT molecular complexity index is 1050. The first-order valence-corrected chi connectivity index (χ1v) is 11.0. The highest BCUT2D eigenvalue weighted by atomic mass is 32.1. The summed E-state index contributed by atoms with van der Waals surface area (Å²) in [5.74, 6) is 1.10. The number of ether oxygens (including phenoxy) is 1. The van der Waals surface area contributed by atoms with E-state index in [-0.39, 0.29) is 6.09 Å². The fraction of sp³-hybridized carbons (Fsp3) is 0.455. The number of benzene rings is 1. The van der Waals surface area contributed by atoms with Crippen LogP contribution >= 0.6 is 12.6 Å². The number of imidazole rings is 1. The van der Waals surface area contributed by atoms with Gasteiger partial charge in [0.15, 0.2) is 5.65 Å². The monoisotopic (exact) mass is 440 g/mol. The molecule has 1 saturated heterocycles. The number of fused-ring (bicyclic) bond motifs is 1. The van der Waals surface area contributed by atoms with Crippen LogP contribution in [-0.2, 0) is 4.74 Å². The second-order valence-corrected chi connectivity index (χ2v) is 9.35. The van der Waals surface area contributed by atoms with Crippen LogP contribution in [0.5, 0.6) is 0 Å². The van der Waals surface area contributed by atoms with Crippen LogP contribution in [0.25, 0.3) is 22.4 Å². The van der Waals surface area contributed by atoms with Gasteiger partial charge in [-0.3, -0.25) is 0 Å². The van der Waals surface area contributed by atoms with E-state index < -0.39 is 5.60 Å². The molecule has 0 spiro atoms. The molecule has 1 aliphatic heterocycles.